The number of nitrogens with zero attached hydrogens (tertiary/aromatic N) is 4. The van der Waals surface area contributed by atoms with Gasteiger partial charge < -0.3 is 24.6 Å². The Bertz CT molecular complexity index is 1150. The summed E-state index contributed by atoms with van der Waals surface area (Å²) >= 11 is 0. The number of aromatic nitrogens is 1. The lowest BCUT2D eigenvalue weighted by molar-refractivity contribution is -0.388. The number of amides is 1. The number of ether oxygens (including phenoxy) is 2. The van der Waals surface area contributed by atoms with Crippen molar-refractivity contribution in [2.75, 3.05) is 43.0 Å². The first-order valence-electron chi connectivity index (χ1n) is 13.1. The quantitative estimate of drug-likeness (QED) is 0.339. The Morgan fingerprint density at radius 1 is 1.13 bits per heavy atom. The van der Waals surface area contributed by atoms with Crippen molar-refractivity contribution in [2.24, 2.45) is 0 Å². The number of carbonyl (C=O) groups excluding carboxylic acids is 1. The molecule has 1 aliphatic heterocycles. The average molecular weight is 552 g/mol. The van der Waals surface area contributed by atoms with E-state index in [-0.39, 0.29) is 23.9 Å². The van der Waals surface area contributed by atoms with Crippen LogP contribution in [0.15, 0.2) is 36.4 Å². The number of nitro benzene ring substituents is 1. The summed E-state index contributed by atoms with van der Waals surface area (Å²) in [5.41, 5.74) is -2.03. The van der Waals surface area contributed by atoms with Crippen molar-refractivity contribution >= 4 is 23.3 Å². The largest absolute Gasteiger partial charge is 0.474 e. The number of halogens is 3. The molecule has 2 aromatic rings. The molecule has 0 atom stereocenters. The number of carbonyl (C=O) groups is 1. The van der Waals surface area contributed by atoms with Crippen LogP contribution in [0.1, 0.15) is 44.6 Å². The molecule has 1 aromatic heterocycles. The number of piperazine rings is 1. The van der Waals surface area contributed by atoms with Crippen LogP contribution in [0.3, 0.4) is 0 Å². The maximum absolute atomic E-state index is 13.3. The molecule has 4 rings (SSSR count). The molecule has 2 fully saturated rings. The summed E-state index contributed by atoms with van der Waals surface area (Å²) in [6.45, 7) is 4.72. The van der Waals surface area contributed by atoms with Gasteiger partial charge in [0.2, 0.25) is 5.88 Å². The van der Waals surface area contributed by atoms with Gasteiger partial charge in [0, 0.05) is 50.0 Å². The molecule has 1 amide bonds. The van der Waals surface area contributed by atoms with Gasteiger partial charge in [0.25, 0.3) is 5.69 Å². The minimum absolute atomic E-state index is 0.0769. The molecular weight excluding hydrogens is 519 g/mol. The fraction of sp³-hybridized carbons (Fsp3) is 0.538. The fourth-order valence-electron chi connectivity index (χ4n) is 4.79. The van der Waals surface area contributed by atoms with E-state index < -0.39 is 22.4 Å². The van der Waals surface area contributed by atoms with Gasteiger partial charge in [0.15, 0.2) is 0 Å². The third-order valence-corrected chi connectivity index (χ3v) is 6.83. The highest BCUT2D eigenvalue weighted by Gasteiger charge is 2.38. The highest BCUT2D eigenvalue weighted by atomic mass is 19.4. The van der Waals surface area contributed by atoms with Gasteiger partial charge in [0.05, 0.1) is 11.5 Å². The van der Waals surface area contributed by atoms with Gasteiger partial charge in [0.1, 0.15) is 17.5 Å². The van der Waals surface area contributed by atoms with Crippen molar-refractivity contribution in [3.05, 3.63) is 52.1 Å². The Labute approximate surface area is 224 Å². The maximum atomic E-state index is 13.3. The van der Waals surface area contributed by atoms with Gasteiger partial charge in [-0.25, -0.2) is 4.79 Å². The van der Waals surface area contributed by atoms with Crippen molar-refractivity contribution in [3.8, 4) is 5.88 Å². The smallest absolute Gasteiger partial charge is 0.423 e. The molecule has 39 heavy (non-hydrogen) atoms. The van der Waals surface area contributed by atoms with Crippen LogP contribution < -0.4 is 15.0 Å². The molecule has 0 unspecified atom stereocenters. The Morgan fingerprint density at radius 2 is 1.85 bits per heavy atom. The number of hydrogen-bond donors (Lipinski definition) is 1. The van der Waals surface area contributed by atoms with Crippen LogP contribution in [0.2, 0.25) is 0 Å². The Hall–Kier alpha value is -3.77. The SMILES string of the molecule is CCCOC(=O)N1CCN(c2cccc(OC3CCC(Nc4ccc([N+](=O)[O-])c(C(F)(F)F)c4)CC3)n2)CC1. The molecule has 13 heteroatoms. The summed E-state index contributed by atoms with van der Waals surface area (Å²) in [6, 6.07) is 8.48. The van der Waals surface area contributed by atoms with Gasteiger partial charge in [-0.05, 0) is 50.3 Å². The lowest BCUT2D eigenvalue weighted by atomic mass is 9.92. The van der Waals surface area contributed by atoms with Gasteiger partial charge in [-0.15, -0.1) is 0 Å². The van der Waals surface area contributed by atoms with Crippen LogP contribution in [0.5, 0.6) is 5.88 Å². The standard InChI is InChI=1S/C26H32F3N5O5/c1-2-16-38-25(35)33-14-12-32(13-15-33)23-4-3-5-24(31-23)39-20-9-6-18(7-10-20)30-19-8-11-22(34(36)37)21(17-19)26(27,28)29/h3-5,8,11,17-18,20,30H,2,6-7,9-10,12-16H2,1H3. The van der Waals surface area contributed by atoms with Gasteiger partial charge in [-0.2, -0.15) is 18.2 Å². The van der Waals surface area contributed by atoms with E-state index in [0.717, 1.165) is 24.4 Å². The van der Waals surface area contributed by atoms with Crippen LogP contribution >= 0.6 is 0 Å². The Balaban J connectivity index is 1.27. The molecular formula is C26H32F3N5O5. The highest BCUT2D eigenvalue weighted by molar-refractivity contribution is 5.68. The summed E-state index contributed by atoms with van der Waals surface area (Å²) in [7, 11) is 0. The Kier molecular flexibility index (Phi) is 8.97. The van der Waals surface area contributed by atoms with E-state index >= 15 is 0 Å². The van der Waals surface area contributed by atoms with Crippen molar-refractivity contribution < 1.29 is 32.4 Å². The number of nitrogens with one attached hydrogen (secondary N) is 1. The number of benzene rings is 1. The highest BCUT2D eigenvalue weighted by Crippen LogP contribution is 2.38. The molecule has 0 spiro atoms. The van der Waals surface area contributed by atoms with Crippen LogP contribution in [-0.4, -0.2) is 65.8 Å². The number of rotatable bonds is 8. The third-order valence-electron chi connectivity index (χ3n) is 6.83. The molecule has 1 saturated carbocycles. The van der Waals surface area contributed by atoms with E-state index in [1.54, 1.807) is 11.0 Å². The van der Waals surface area contributed by atoms with Crippen molar-refractivity contribution in [1.82, 2.24) is 9.88 Å². The van der Waals surface area contributed by atoms with E-state index in [0.29, 0.717) is 64.3 Å². The monoisotopic (exact) mass is 551 g/mol. The average Bonchev–Trinajstić information content (AvgIpc) is 2.92. The van der Waals surface area contributed by atoms with Crippen LogP contribution in [0.4, 0.5) is 35.2 Å². The zero-order chi connectivity index (χ0) is 28.0. The molecule has 212 valence electrons. The minimum Gasteiger partial charge on any atom is -0.474 e. The first-order valence-corrected chi connectivity index (χ1v) is 13.1. The minimum atomic E-state index is -4.82. The summed E-state index contributed by atoms with van der Waals surface area (Å²) in [6.07, 6.45) is -1.72. The van der Waals surface area contributed by atoms with Crippen molar-refractivity contribution in [3.63, 3.8) is 0 Å². The van der Waals surface area contributed by atoms with E-state index in [4.69, 9.17) is 9.47 Å². The number of nitro groups is 1. The van der Waals surface area contributed by atoms with Gasteiger partial charge in [-0.1, -0.05) is 13.0 Å². The fourth-order valence-corrected chi connectivity index (χ4v) is 4.79. The zero-order valence-electron chi connectivity index (χ0n) is 21.7. The number of alkyl halides is 3. The molecule has 1 aliphatic carbocycles. The predicted molar refractivity (Wildman–Crippen MR) is 138 cm³/mol. The zero-order valence-corrected chi connectivity index (χ0v) is 21.7. The number of anilines is 2. The molecule has 0 bridgehead atoms. The van der Waals surface area contributed by atoms with E-state index in [9.17, 15) is 28.1 Å². The van der Waals surface area contributed by atoms with Crippen LogP contribution in [-0.2, 0) is 10.9 Å². The van der Waals surface area contributed by atoms with E-state index in [1.807, 2.05) is 19.1 Å². The topological polar surface area (TPSA) is 110 Å². The lowest BCUT2D eigenvalue weighted by Crippen LogP contribution is -2.49. The van der Waals surface area contributed by atoms with Crippen molar-refractivity contribution in [2.45, 2.75) is 57.3 Å². The first kappa shape index (κ1) is 28.2. The molecule has 0 radical (unpaired) electrons. The van der Waals surface area contributed by atoms with Crippen LogP contribution in [0.25, 0.3) is 0 Å². The number of pyridine rings is 1. The normalized spacial score (nSPS) is 19.9. The second-order valence-electron chi connectivity index (χ2n) is 9.65. The molecule has 2 aliphatic rings. The number of hydrogen-bond acceptors (Lipinski definition) is 8. The lowest BCUT2D eigenvalue weighted by Gasteiger charge is -2.35. The molecule has 1 aromatic carbocycles. The van der Waals surface area contributed by atoms with Gasteiger partial charge in [-0.3, -0.25) is 10.1 Å². The molecule has 10 nitrogen and oxygen atoms in total. The maximum Gasteiger partial charge on any atom is 0.423 e. The second-order valence-corrected chi connectivity index (χ2v) is 9.65. The molecule has 1 N–H and O–H groups in total. The predicted octanol–water partition coefficient (Wildman–Crippen LogP) is 5.48. The summed E-state index contributed by atoms with van der Waals surface area (Å²) < 4.78 is 51.2. The third kappa shape index (κ3) is 7.42. The van der Waals surface area contributed by atoms with Crippen LogP contribution in [0, 0.1) is 10.1 Å². The summed E-state index contributed by atoms with van der Waals surface area (Å²) in [4.78, 5) is 30.5. The molecule has 2 heterocycles. The van der Waals surface area contributed by atoms with E-state index in [1.165, 1.54) is 6.07 Å². The molecule has 1 saturated heterocycles. The second kappa shape index (κ2) is 12.4. The summed E-state index contributed by atoms with van der Waals surface area (Å²) in [5, 5.41) is 14.1. The summed E-state index contributed by atoms with van der Waals surface area (Å²) in [5.74, 6) is 1.27. The van der Waals surface area contributed by atoms with E-state index in [2.05, 4.69) is 15.2 Å². The first-order chi connectivity index (χ1) is 18.6. The van der Waals surface area contributed by atoms with Gasteiger partial charge >= 0.3 is 12.3 Å². The van der Waals surface area contributed by atoms with Crippen molar-refractivity contribution in [1.29, 1.82) is 0 Å². The Morgan fingerprint density at radius 3 is 2.49 bits per heavy atom.